The molecule has 1 fully saturated rings. The number of ether oxygens (including phenoxy) is 1. The number of aromatic nitrogens is 4. The number of carboxylic acid groups (broad SMARTS) is 1. The molecule has 0 spiro atoms. The number of nitrogens with one attached hydrogen (secondary N) is 1. The molecule has 4 N–H and O–H groups in total. The van der Waals surface area contributed by atoms with Crippen LogP contribution in [0.4, 0.5) is 5.13 Å². The molecule has 2 amide bonds. The number of oxime groups is 1. The second-order valence-electron chi connectivity index (χ2n) is 7.92. The van der Waals surface area contributed by atoms with E-state index in [0.29, 0.717) is 17.2 Å². The van der Waals surface area contributed by atoms with Crippen LogP contribution in [0.3, 0.4) is 0 Å². The van der Waals surface area contributed by atoms with Gasteiger partial charge in [-0.15, -0.1) is 23.1 Å². The maximum absolute atomic E-state index is 13.1. The highest BCUT2D eigenvalue weighted by atomic mass is 32.2. The summed E-state index contributed by atoms with van der Waals surface area (Å²) < 4.78 is 8.59. The number of hydrogen-bond donors (Lipinski definition) is 3. The van der Waals surface area contributed by atoms with Crippen LogP contribution in [0.2, 0.25) is 0 Å². The average Bonchev–Trinajstić information content (AvgIpc) is 3.50. The number of carboxylic acids is 1. The lowest BCUT2D eigenvalue weighted by Gasteiger charge is -2.49. The first-order valence-corrected chi connectivity index (χ1v) is 12.7. The van der Waals surface area contributed by atoms with Gasteiger partial charge in [-0.3, -0.25) is 14.5 Å². The van der Waals surface area contributed by atoms with Crippen molar-refractivity contribution in [2.24, 2.45) is 5.16 Å². The molecular formula is C21H21N8O6S2+. The number of methoxy groups -OCH3 is 1. The molecule has 0 radical (unpaired) electrons. The number of β-lactam (4-membered cyclic amide) rings is 1. The van der Waals surface area contributed by atoms with Crippen molar-refractivity contribution in [2.75, 3.05) is 25.7 Å². The highest BCUT2D eigenvalue weighted by Gasteiger charge is 2.54. The number of anilines is 1. The zero-order valence-corrected chi connectivity index (χ0v) is 21.2. The van der Waals surface area contributed by atoms with E-state index < -0.39 is 29.2 Å². The zero-order chi connectivity index (χ0) is 26.3. The number of carbonyl (C=O) groups excluding carboxylic acids is 2. The molecule has 3 aromatic rings. The largest absolute Gasteiger partial charge is 0.479 e. The number of carbonyl (C=O) groups is 3. The molecular weight excluding hydrogens is 524 g/mol. The van der Waals surface area contributed by atoms with Crippen LogP contribution < -0.4 is 20.4 Å². The van der Waals surface area contributed by atoms with E-state index in [1.54, 1.807) is 34.4 Å². The van der Waals surface area contributed by atoms with Crippen molar-refractivity contribution in [1.82, 2.24) is 24.8 Å². The number of amides is 2. The number of thiazole rings is 1. The molecule has 14 nitrogen and oxygen atoms in total. The van der Waals surface area contributed by atoms with Gasteiger partial charge in [0.05, 0.1) is 7.11 Å². The Kier molecular flexibility index (Phi) is 6.43. The third kappa shape index (κ3) is 4.33. The lowest BCUT2D eigenvalue weighted by atomic mass is 10.0. The van der Waals surface area contributed by atoms with Gasteiger partial charge in [0.25, 0.3) is 17.7 Å². The fourth-order valence-electron chi connectivity index (χ4n) is 4.12. The molecule has 2 aliphatic heterocycles. The van der Waals surface area contributed by atoms with Gasteiger partial charge in [0, 0.05) is 28.8 Å². The third-order valence-corrected chi connectivity index (χ3v) is 7.78. The molecule has 0 unspecified atom stereocenters. The molecule has 0 aliphatic carbocycles. The van der Waals surface area contributed by atoms with E-state index in [1.165, 1.54) is 30.9 Å². The molecule has 5 rings (SSSR count). The minimum Gasteiger partial charge on any atom is -0.479 e. The van der Waals surface area contributed by atoms with Crippen LogP contribution >= 0.6 is 23.1 Å². The molecule has 5 heterocycles. The van der Waals surface area contributed by atoms with E-state index in [4.69, 9.17) is 15.3 Å². The topological polar surface area (TPSA) is 178 Å². The van der Waals surface area contributed by atoms with Gasteiger partial charge in [-0.05, 0) is 5.10 Å². The van der Waals surface area contributed by atoms with E-state index in [-0.39, 0.29) is 28.8 Å². The fraction of sp³-hybridized carbons (Fsp3) is 0.286. The predicted molar refractivity (Wildman–Crippen MR) is 132 cm³/mol. The number of thioether (sulfide) groups is 1. The maximum Gasteiger partial charge on any atom is 0.352 e. The number of nitrogen functional groups attached to an aromatic ring is 1. The second kappa shape index (κ2) is 9.70. The smallest absolute Gasteiger partial charge is 0.352 e. The Bertz CT molecular complexity index is 1480. The van der Waals surface area contributed by atoms with E-state index in [0.717, 1.165) is 17.0 Å². The quantitative estimate of drug-likeness (QED) is 0.144. The van der Waals surface area contributed by atoms with Gasteiger partial charge in [-0.1, -0.05) is 9.67 Å². The SMILES string of the molecule is CO/N=C(\C(=O)N[C@@H]1C(=O)N2C(C(=O)O)=C(C[n+]3ccn4nc(OC)ccc43)CS[C@H]12)c1csc(N)n1. The van der Waals surface area contributed by atoms with Crippen LogP contribution in [-0.2, 0) is 25.8 Å². The molecule has 3 aromatic heterocycles. The molecule has 192 valence electrons. The van der Waals surface area contributed by atoms with Crippen molar-refractivity contribution in [3.63, 3.8) is 0 Å². The van der Waals surface area contributed by atoms with Gasteiger partial charge in [0.15, 0.2) is 17.0 Å². The number of nitrogens with two attached hydrogens (primary N) is 1. The summed E-state index contributed by atoms with van der Waals surface area (Å²) in [5.41, 5.74) is 6.90. The molecule has 0 aromatic carbocycles. The van der Waals surface area contributed by atoms with Crippen LogP contribution in [-0.4, -0.2) is 79.5 Å². The van der Waals surface area contributed by atoms with Crippen molar-refractivity contribution in [3.05, 3.63) is 46.9 Å². The Hall–Kier alpha value is -4.18. The summed E-state index contributed by atoms with van der Waals surface area (Å²) in [5.74, 6) is -1.66. The third-order valence-electron chi connectivity index (χ3n) is 5.77. The second-order valence-corrected chi connectivity index (χ2v) is 9.91. The predicted octanol–water partition coefficient (Wildman–Crippen LogP) is -0.542. The van der Waals surface area contributed by atoms with Crippen LogP contribution in [0.15, 0.2) is 46.3 Å². The molecule has 2 atom stereocenters. The number of rotatable bonds is 8. The summed E-state index contributed by atoms with van der Waals surface area (Å²) in [5, 5.41) is 21.8. The Morgan fingerprint density at radius 2 is 2.19 bits per heavy atom. The number of nitrogens with zero attached hydrogens (tertiary/aromatic N) is 6. The summed E-state index contributed by atoms with van der Waals surface area (Å²) in [6, 6.07) is 2.57. The Labute approximate surface area is 217 Å². The first-order chi connectivity index (χ1) is 17.8. The minimum atomic E-state index is -1.22. The van der Waals surface area contributed by atoms with Gasteiger partial charge >= 0.3 is 11.6 Å². The molecule has 37 heavy (non-hydrogen) atoms. The number of hydrogen-bond acceptors (Lipinski definition) is 11. The van der Waals surface area contributed by atoms with Gasteiger partial charge in [-0.25, -0.2) is 14.3 Å². The van der Waals surface area contributed by atoms with E-state index in [9.17, 15) is 19.5 Å². The standard InChI is InChI=1S/C21H20N8O6S2/c1-34-12-3-4-13-27(5-6-28(13)25-12)7-10-8-36-19-15(18(31)29(19)16(10)20(32)33)24-17(30)14(26-35-2)11-9-37-21(22)23-11/h3-6,9,15,19H,7-8H2,1-2H3,(H3-,22,23,24,30,32,33)/p+1/b26-14-/t15-,19-/m1/s1. The monoisotopic (exact) mass is 545 g/mol. The van der Waals surface area contributed by atoms with E-state index >= 15 is 0 Å². The molecule has 16 heteroatoms. The fourth-order valence-corrected chi connectivity index (χ4v) is 6.01. The summed E-state index contributed by atoms with van der Waals surface area (Å²) >= 11 is 2.49. The summed E-state index contributed by atoms with van der Waals surface area (Å²) in [4.78, 5) is 48.2. The Morgan fingerprint density at radius 1 is 1.38 bits per heavy atom. The van der Waals surface area contributed by atoms with Crippen molar-refractivity contribution in [1.29, 1.82) is 0 Å². The van der Waals surface area contributed by atoms with Crippen LogP contribution in [0.5, 0.6) is 5.88 Å². The minimum absolute atomic E-state index is 0.0920. The van der Waals surface area contributed by atoms with Crippen molar-refractivity contribution in [2.45, 2.75) is 18.0 Å². The maximum atomic E-state index is 13.1. The first-order valence-electron chi connectivity index (χ1n) is 10.8. The summed E-state index contributed by atoms with van der Waals surface area (Å²) in [7, 11) is 2.80. The van der Waals surface area contributed by atoms with Gasteiger partial charge in [0.2, 0.25) is 0 Å². The van der Waals surface area contributed by atoms with Crippen LogP contribution in [0.1, 0.15) is 5.69 Å². The van der Waals surface area contributed by atoms with Crippen LogP contribution in [0, 0.1) is 0 Å². The zero-order valence-electron chi connectivity index (χ0n) is 19.5. The highest BCUT2D eigenvalue weighted by Crippen LogP contribution is 2.40. The lowest BCUT2D eigenvalue weighted by Crippen LogP contribution is -2.71. The number of fused-ring (bicyclic) bond motifs is 2. The Balaban J connectivity index is 1.37. The van der Waals surface area contributed by atoms with Crippen molar-refractivity contribution < 1.29 is 33.6 Å². The number of imidazole rings is 1. The van der Waals surface area contributed by atoms with E-state index in [1.807, 2.05) is 4.57 Å². The normalized spacial score (nSPS) is 19.5. The molecule has 0 saturated carbocycles. The van der Waals surface area contributed by atoms with Crippen molar-refractivity contribution in [3.8, 4) is 5.88 Å². The Morgan fingerprint density at radius 3 is 2.86 bits per heavy atom. The highest BCUT2D eigenvalue weighted by molar-refractivity contribution is 8.00. The molecule has 1 saturated heterocycles. The van der Waals surface area contributed by atoms with Gasteiger partial charge in [0.1, 0.15) is 42.7 Å². The molecule has 2 aliphatic rings. The average molecular weight is 546 g/mol. The molecule has 0 bridgehead atoms. The van der Waals surface area contributed by atoms with Gasteiger partial charge < -0.3 is 25.7 Å². The van der Waals surface area contributed by atoms with E-state index in [2.05, 4.69) is 20.6 Å². The summed E-state index contributed by atoms with van der Waals surface area (Å²) in [6.45, 7) is 0.239. The lowest BCUT2D eigenvalue weighted by molar-refractivity contribution is -0.662. The van der Waals surface area contributed by atoms with Crippen molar-refractivity contribution >= 4 is 57.4 Å². The van der Waals surface area contributed by atoms with Crippen LogP contribution in [0.25, 0.3) is 5.65 Å². The first kappa shape index (κ1) is 24.5. The summed E-state index contributed by atoms with van der Waals surface area (Å²) in [6.07, 6.45) is 3.50. The number of aliphatic carboxylic acids is 1. The van der Waals surface area contributed by atoms with Gasteiger partial charge in [-0.2, -0.15) is 0 Å².